The van der Waals surface area contributed by atoms with Gasteiger partial charge in [0.25, 0.3) is 0 Å². The van der Waals surface area contributed by atoms with Gasteiger partial charge in [-0.05, 0) is 42.0 Å². The number of halogens is 1. The van der Waals surface area contributed by atoms with Crippen LogP contribution in [0.1, 0.15) is 11.5 Å². The summed E-state index contributed by atoms with van der Waals surface area (Å²) in [6, 6.07) is 13.6. The second-order valence-electron chi connectivity index (χ2n) is 4.54. The van der Waals surface area contributed by atoms with Crippen LogP contribution < -0.4 is 4.74 Å². The summed E-state index contributed by atoms with van der Waals surface area (Å²) in [5, 5.41) is 3.95. The molecule has 1 heterocycles. The monoisotopic (exact) mass is 284 g/mol. The molecule has 21 heavy (non-hydrogen) atoms. The van der Waals surface area contributed by atoms with Crippen molar-refractivity contribution < 1.29 is 13.7 Å². The predicted molar refractivity (Wildman–Crippen MR) is 75.5 cm³/mol. The number of rotatable bonds is 4. The molecule has 3 rings (SSSR count). The van der Waals surface area contributed by atoms with Crippen molar-refractivity contribution >= 4 is 0 Å². The third kappa shape index (κ3) is 3.08. The van der Waals surface area contributed by atoms with Crippen LogP contribution in [0, 0.1) is 5.82 Å². The zero-order valence-electron chi connectivity index (χ0n) is 11.4. The number of hydrogen-bond donors (Lipinski definition) is 0. The Morgan fingerprint density at radius 2 is 1.76 bits per heavy atom. The Balaban J connectivity index is 1.77. The van der Waals surface area contributed by atoms with Gasteiger partial charge >= 0.3 is 0 Å². The Kier molecular flexibility index (Phi) is 3.64. The van der Waals surface area contributed by atoms with Crippen molar-refractivity contribution in [1.82, 2.24) is 10.1 Å². The van der Waals surface area contributed by atoms with Crippen LogP contribution >= 0.6 is 0 Å². The molecular formula is C16H13FN2O2. The third-order valence-corrected chi connectivity index (χ3v) is 3.08. The largest absolute Gasteiger partial charge is 0.497 e. The molecule has 0 unspecified atom stereocenters. The fourth-order valence-corrected chi connectivity index (χ4v) is 1.96. The number of nitrogens with zero attached hydrogens (tertiary/aromatic N) is 2. The van der Waals surface area contributed by atoms with E-state index < -0.39 is 0 Å². The fourth-order valence-electron chi connectivity index (χ4n) is 1.96. The number of hydrogen-bond acceptors (Lipinski definition) is 4. The maximum atomic E-state index is 12.9. The number of methoxy groups -OCH3 is 1. The minimum atomic E-state index is -0.261. The highest BCUT2D eigenvalue weighted by Crippen LogP contribution is 2.20. The standard InChI is InChI=1S/C16H13FN2O2/c1-20-14-8-4-12(5-9-14)16-18-15(21-19-16)10-11-2-6-13(17)7-3-11/h2-9H,10H2,1H3. The van der Waals surface area contributed by atoms with E-state index in [1.54, 1.807) is 19.2 Å². The summed E-state index contributed by atoms with van der Waals surface area (Å²) in [4.78, 5) is 4.34. The Bertz CT molecular complexity index is 721. The van der Waals surface area contributed by atoms with Crippen LogP contribution in [-0.4, -0.2) is 17.3 Å². The molecule has 0 amide bonds. The van der Waals surface area contributed by atoms with Crippen LogP contribution in [0.5, 0.6) is 5.75 Å². The summed E-state index contributed by atoms with van der Waals surface area (Å²) < 4.78 is 23.2. The highest BCUT2D eigenvalue weighted by Gasteiger charge is 2.09. The van der Waals surface area contributed by atoms with Gasteiger partial charge in [0.2, 0.25) is 11.7 Å². The van der Waals surface area contributed by atoms with Crippen LogP contribution in [0.4, 0.5) is 4.39 Å². The summed E-state index contributed by atoms with van der Waals surface area (Å²) in [6.45, 7) is 0. The Hall–Kier alpha value is -2.69. The highest BCUT2D eigenvalue weighted by atomic mass is 19.1. The van der Waals surface area contributed by atoms with Gasteiger partial charge in [-0.3, -0.25) is 0 Å². The van der Waals surface area contributed by atoms with Crippen molar-refractivity contribution in [1.29, 1.82) is 0 Å². The molecule has 106 valence electrons. The smallest absolute Gasteiger partial charge is 0.231 e. The van der Waals surface area contributed by atoms with Gasteiger partial charge in [-0.15, -0.1) is 0 Å². The third-order valence-electron chi connectivity index (χ3n) is 3.08. The quantitative estimate of drug-likeness (QED) is 0.736. The van der Waals surface area contributed by atoms with Crippen molar-refractivity contribution in [3.8, 4) is 17.1 Å². The topological polar surface area (TPSA) is 48.2 Å². The summed E-state index contributed by atoms with van der Waals surface area (Å²) in [5.74, 6) is 1.53. The van der Waals surface area contributed by atoms with Crippen molar-refractivity contribution in [2.24, 2.45) is 0 Å². The minimum Gasteiger partial charge on any atom is -0.497 e. The molecular weight excluding hydrogens is 271 g/mol. The van der Waals surface area contributed by atoms with Crippen LogP contribution in [0.15, 0.2) is 53.1 Å². The van der Waals surface area contributed by atoms with Crippen molar-refractivity contribution in [3.05, 3.63) is 65.8 Å². The van der Waals surface area contributed by atoms with Crippen molar-refractivity contribution in [3.63, 3.8) is 0 Å². The molecule has 3 aromatic rings. The lowest BCUT2D eigenvalue weighted by molar-refractivity contribution is 0.385. The van der Waals surface area contributed by atoms with Gasteiger partial charge in [0.15, 0.2) is 0 Å². The lowest BCUT2D eigenvalue weighted by Crippen LogP contribution is -1.89. The second-order valence-corrected chi connectivity index (χ2v) is 4.54. The normalized spacial score (nSPS) is 10.6. The van der Waals surface area contributed by atoms with E-state index >= 15 is 0 Å². The molecule has 0 saturated carbocycles. The summed E-state index contributed by atoms with van der Waals surface area (Å²) >= 11 is 0. The van der Waals surface area contributed by atoms with Crippen LogP contribution in [0.3, 0.4) is 0 Å². The molecule has 0 fully saturated rings. The van der Waals surface area contributed by atoms with E-state index in [1.807, 2.05) is 24.3 Å². The minimum absolute atomic E-state index is 0.261. The van der Waals surface area contributed by atoms with E-state index in [0.717, 1.165) is 16.9 Å². The summed E-state index contributed by atoms with van der Waals surface area (Å²) in [6.07, 6.45) is 0.476. The SMILES string of the molecule is COc1ccc(-c2noc(Cc3ccc(F)cc3)n2)cc1. The van der Waals surface area contributed by atoms with Gasteiger partial charge in [0.1, 0.15) is 11.6 Å². The molecule has 0 bridgehead atoms. The van der Waals surface area contributed by atoms with Gasteiger partial charge in [-0.1, -0.05) is 17.3 Å². The lowest BCUT2D eigenvalue weighted by atomic mass is 10.1. The molecule has 0 aliphatic heterocycles. The second kappa shape index (κ2) is 5.75. The molecule has 1 aromatic heterocycles. The molecule has 0 atom stereocenters. The zero-order valence-corrected chi connectivity index (χ0v) is 11.4. The maximum absolute atomic E-state index is 12.9. The van der Waals surface area contributed by atoms with E-state index in [9.17, 15) is 4.39 Å². The number of ether oxygens (including phenoxy) is 1. The first kappa shape index (κ1) is 13.3. The summed E-state index contributed by atoms with van der Waals surface area (Å²) in [7, 11) is 1.62. The lowest BCUT2D eigenvalue weighted by Gasteiger charge is -1.99. The molecule has 4 nitrogen and oxygen atoms in total. The van der Waals surface area contributed by atoms with Gasteiger partial charge in [-0.2, -0.15) is 4.98 Å². The molecule has 0 spiro atoms. The molecule has 5 heteroatoms. The molecule has 2 aromatic carbocycles. The maximum Gasteiger partial charge on any atom is 0.231 e. The molecule has 0 N–H and O–H groups in total. The van der Waals surface area contributed by atoms with E-state index in [-0.39, 0.29) is 5.82 Å². The van der Waals surface area contributed by atoms with E-state index in [1.165, 1.54) is 12.1 Å². The first-order chi connectivity index (χ1) is 10.2. The molecule has 0 saturated heterocycles. The van der Waals surface area contributed by atoms with E-state index in [2.05, 4.69) is 10.1 Å². The van der Waals surface area contributed by atoms with Crippen LogP contribution in [0.25, 0.3) is 11.4 Å². The van der Waals surface area contributed by atoms with Gasteiger partial charge < -0.3 is 9.26 Å². The highest BCUT2D eigenvalue weighted by molar-refractivity contribution is 5.55. The number of benzene rings is 2. The Labute approximate surface area is 121 Å². The zero-order chi connectivity index (χ0) is 14.7. The summed E-state index contributed by atoms with van der Waals surface area (Å²) in [5.41, 5.74) is 1.77. The van der Waals surface area contributed by atoms with Crippen molar-refractivity contribution in [2.45, 2.75) is 6.42 Å². The average molecular weight is 284 g/mol. The Morgan fingerprint density at radius 1 is 1.05 bits per heavy atom. The average Bonchev–Trinajstić information content (AvgIpc) is 2.98. The van der Waals surface area contributed by atoms with Crippen LogP contribution in [0.2, 0.25) is 0 Å². The Morgan fingerprint density at radius 3 is 2.43 bits per heavy atom. The van der Waals surface area contributed by atoms with E-state index in [4.69, 9.17) is 9.26 Å². The molecule has 0 radical (unpaired) electrons. The van der Waals surface area contributed by atoms with Gasteiger partial charge in [0.05, 0.1) is 13.5 Å². The van der Waals surface area contributed by atoms with E-state index in [0.29, 0.717) is 18.1 Å². The van der Waals surface area contributed by atoms with Gasteiger partial charge in [0, 0.05) is 5.56 Å². The fraction of sp³-hybridized carbons (Fsp3) is 0.125. The molecule has 0 aliphatic carbocycles. The first-order valence-corrected chi connectivity index (χ1v) is 6.46. The number of aromatic nitrogens is 2. The predicted octanol–water partition coefficient (Wildman–Crippen LogP) is 3.48. The van der Waals surface area contributed by atoms with Crippen LogP contribution in [-0.2, 0) is 6.42 Å². The van der Waals surface area contributed by atoms with Crippen molar-refractivity contribution in [2.75, 3.05) is 7.11 Å². The molecule has 0 aliphatic rings. The van der Waals surface area contributed by atoms with Gasteiger partial charge in [-0.25, -0.2) is 4.39 Å². The first-order valence-electron chi connectivity index (χ1n) is 6.46.